The van der Waals surface area contributed by atoms with E-state index in [1.165, 1.54) is 0 Å². The molecule has 0 aromatic heterocycles. The van der Waals surface area contributed by atoms with E-state index >= 15 is 0 Å². The van der Waals surface area contributed by atoms with Gasteiger partial charge in [-0.3, -0.25) is 4.79 Å². The van der Waals surface area contributed by atoms with Crippen LogP contribution in [0.4, 0.5) is 0 Å². The minimum atomic E-state index is 0.176. The molecule has 0 radical (unpaired) electrons. The van der Waals surface area contributed by atoms with E-state index in [-0.39, 0.29) is 11.8 Å². The van der Waals surface area contributed by atoms with Gasteiger partial charge in [0.25, 0.3) is 0 Å². The Morgan fingerprint density at radius 3 is 2.40 bits per heavy atom. The van der Waals surface area contributed by atoms with Crippen LogP contribution in [0.5, 0.6) is 0 Å². The first-order chi connectivity index (χ1) is 4.52. The second-order valence-electron chi connectivity index (χ2n) is 2.51. The smallest absolute Gasteiger partial charge is 0.131 e. The third-order valence-corrected chi connectivity index (χ3v) is 1.16. The van der Waals surface area contributed by atoms with Crippen molar-refractivity contribution in [3.8, 4) is 0 Å². The zero-order valence-electron chi connectivity index (χ0n) is 6.60. The van der Waals surface area contributed by atoms with E-state index in [4.69, 9.17) is 12.2 Å². The Hall–Kier alpha value is -0.440. The molecule has 0 aromatic carbocycles. The van der Waals surface area contributed by atoms with E-state index < -0.39 is 0 Å². The average molecular weight is 159 g/mol. The first-order valence-electron chi connectivity index (χ1n) is 3.29. The van der Waals surface area contributed by atoms with E-state index in [9.17, 15) is 4.79 Å². The summed E-state index contributed by atoms with van der Waals surface area (Å²) in [5, 5.41) is 2.98. The fraction of sp³-hybridized carbons (Fsp3) is 0.714. The monoisotopic (exact) mass is 159 g/mol. The van der Waals surface area contributed by atoms with Crippen molar-refractivity contribution in [2.45, 2.75) is 33.2 Å². The Morgan fingerprint density at radius 2 is 2.10 bits per heavy atom. The van der Waals surface area contributed by atoms with Crippen molar-refractivity contribution < 1.29 is 4.79 Å². The van der Waals surface area contributed by atoms with Crippen LogP contribution < -0.4 is 5.32 Å². The van der Waals surface area contributed by atoms with Gasteiger partial charge in [-0.2, -0.15) is 0 Å². The van der Waals surface area contributed by atoms with Crippen LogP contribution in [0.1, 0.15) is 27.2 Å². The molecule has 10 heavy (non-hydrogen) atoms. The van der Waals surface area contributed by atoms with Crippen LogP contribution >= 0.6 is 12.2 Å². The third kappa shape index (κ3) is 5.69. The summed E-state index contributed by atoms with van der Waals surface area (Å²) in [6.07, 6.45) is 0.550. The first-order valence-corrected chi connectivity index (χ1v) is 3.69. The molecule has 3 heteroatoms. The average Bonchev–Trinajstić information content (AvgIpc) is 1.58. The molecule has 0 rings (SSSR count). The predicted octanol–water partition coefficient (Wildman–Crippen LogP) is 1.29. The molecule has 0 amide bonds. The van der Waals surface area contributed by atoms with E-state index in [0.29, 0.717) is 6.42 Å². The third-order valence-electron chi connectivity index (χ3n) is 1.04. The second-order valence-corrected chi connectivity index (χ2v) is 3.12. The Labute approximate surface area is 67.0 Å². The van der Waals surface area contributed by atoms with Gasteiger partial charge in [-0.1, -0.05) is 12.2 Å². The molecule has 0 aliphatic rings. The van der Waals surface area contributed by atoms with Gasteiger partial charge in [0, 0.05) is 12.5 Å². The van der Waals surface area contributed by atoms with E-state index in [2.05, 4.69) is 5.32 Å². The van der Waals surface area contributed by atoms with Gasteiger partial charge in [-0.05, 0) is 20.8 Å². The summed E-state index contributed by atoms with van der Waals surface area (Å²) in [6, 6.07) is 0.176. The molecule has 0 spiro atoms. The number of rotatable bonds is 3. The Kier molecular flexibility index (Phi) is 4.19. The standard InChI is InChI=1S/C7H13NOS/c1-5(4-6(2)9)8-7(3)10/h5H,4H2,1-3H3,(H,8,10). The minimum Gasteiger partial charge on any atom is -0.377 e. The van der Waals surface area contributed by atoms with Crippen LogP contribution in [0.15, 0.2) is 0 Å². The maximum atomic E-state index is 10.6. The Morgan fingerprint density at radius 1 is 1.60 bits per heavy atom. The first kappa shape index (κ1) is 9.56. The van der Waals surface area contributed by atoms with Crippen molar-refractivity contribution in [3.05, 3.63) is 0 Å². The normalized spacial score (nSPS) is 12.3. The maximum absolute atomic E-state index is 10.6. The molecule has 0 aliphatic carbocycles. The number of ketones is 1. The zero-order valence-corrected chi connectivity index (χ0v) is 7.42. The van der Waals surface area contributed by atoms with Crippen LogP contribution in [-0.2, 0) is 4.79 Å². The van der Waals surface area contributed by atoms with Gasteiger partial charge in [0.05, 0.1) is 4.99 Å². The number of thiocarbonyl (C=S) groups is 1. The Balaban J connectivity index is 3.53. The van der Waals surface area contributed by atoms with Gasteiger partial charge in [0.2, 0.25) is 0 Å². The maximum Gasteiger partial charge on any atom is 0.131 e. The quantitative estimate of drug-likeness (QED) is 0.629. The molecular formula is C7H13NOS. The summed E-state index contributed by atoms with van der Waals surface area (Å²) in [5.74, 6) is 0.191. The zero-order chi connectivity index (χ0) is 8.15. The summed E-state index contributed by atoms with van der Waals surface area (Å²) in [7, 11) is 0. The molecule has 0 heterocycles. The molecule has 0 bridgehead atoms. The van der Waals surface area contributed by atoms with Crippen molar-refractivity contribution in [1.29, 1.82) is 0 Å². The van der Waals surface area contributed by atoms with Crippen molar-refractivity contribution in [2.75, 3.05) is 0 Å². The molecule has 0 saturated carbocycles. The number of carbonyl (C=O) groups is 1. The van der Waals surface area contributed by atoms with Gasteiger partial charge in [-0.15, -0.1) is 0 Å². The van der Waals surface area contributed by atoms with Crippen molar-refractivity contribution in [3.63, 3.8) is 0 Å². The van der Waals surface area contributed by atoms with Crippen LogP contribution in [0, 0.1) is 0 Å². The topological polar surface area (TPSA) is 29.1 Å². The molecular weight excluding hydrogens is 146 g/mol. The van der Waals surface area contributed by atoms with Gasteiger partial charge in [-0.25, -0.2) is 0 Å². The number of carbonyl (C=O) groups excluding carboxylic acids is 1. The second kappa shape index (κ2) is 4.39. The lowest BCUT2D eigenvalue weighted by molar-refractivity contribution is -0.117. The van der Waals surface area contributed by atoms with Crippen molar-refractivity contribution in [1.82, 2.24) is 5.32 Å². The lowest BCUT2D eigenvalue weighted by Crippen LogP contribution is -2.30. The predicted molar refractivity (Wildman–Crippen MR) is 46.2 cm³/mol. The van der Waals surface area contributed by atoms with Gasteiger partial charge in [0.15, 0.2) is 0 Å². The van der Waals surface area contributed by atoms with Crippen LogP contribution in [-0.4, -0.2) is 16.8 Å². The van der Waals surface area contributed by atoms with Crippen LogP contribution in [0.3, 0.4) is 0 Å². The molecule has 1 unspecified atom stereocenters. The largest absolute Gasteiger partial charge is 0.377 e. The van der Waals surface area contributed by atoms with Gasteiger partial charge in [0.1, 0.15) is 5.78 Å². The number of hydrogen-bond donors (Lipinski definition) is 1. The number of hydrogen-bond acceptors (Lipinski definition) is 2. The molecule has 2 nitrogen and oxygen atoms in total. The van der Waals surface area contributed by atoms with Gasteiger partial charge < -0.3 is 5.32 Å². The fourth-order valence-electron chi connectivity index (χ4n) is 0.829. The highest BCUT2D eigenvalue weighted by molar-refractivity contribution is 7.80. The lowest BCUT2D eigenvalue weighted by Gasteiger charge is -2.10. The van der Waals surface area contributed by atoms with E-state index in [0.717, 1.165) is 4.99 Å². The van der Waals surface area contributed by atoms with E-state index in [1.807, 2.05) is 13.8 Å². The molecule has 0 saturated heterocycles. The highest BCUT2D eigenvalue weighted by Gasteiger charge is 2.03. The molecule has 0 aromatic rings. The summed E-state index contributed by atoms with van der Waals surface area (Å²) < 4.78 is 0. The van der Waals surface area contributed by atoms with Crippen molar-refractivity contribution in [2.24, 2.45) is 0 Å². The minimum absolute atomic E-state index is 0.176. The Bertz CT molecular complexity index is 129. The SMILES string of the molecule is CC(=O)CC(C)NC(C)=S. The summed E-state index contributed by atoms with van der Waals surface area (Å²) >= 11 is 4.80. The lowest BCUT2D eigenvalue weighted by atomic mass is 10.2. The summed E-state index contributed by atoms with van der Waals surface area (Å²) in [6.45, 7) is 5.33. The molecule has 0 aliphatic heterocycles. The van der Waals surface area contributed by atoms with Crippen molar-refractivity contribution >= 4 is 23.0 Å². The number of nitrogens with one attached hydrogen (secondary N) is 1. The molecule has 58 valence electrons. The fourth-order valence-corrected chi connectivity index (χ4v) is 1.03. The molecule has 1 atom stereocenters. The number of Topliss-reactive ketones (excluding diaryl/α,β-unsaturated/α-hetero) is 1. The van der Waals surface area contributed by atoms with Crippen LogP contribution in [0.2, 0.25) is 0 Å². The molecule has 1 N–H and O–H groups in total. The summed E-state index contributed by atoms with van der Waals surface area (Å²) in [5.41, 5.74) is 0. The highest BCUT2D eigenvalue weighted by Crippen LogP contribution is 1.91. The van der Waals surface area contributed by atoms with E-state index in [1.54, 1.807) is 6.92 Å². The molecule has 0 fully saturated rings. The van der Waals surface area contributed by atoms with Crippen LogP contribution in [0.25, 0.3) is 0 Å². The van der Waals surface area contributed by atoms with Gasteiger partial charge >= 0.3 is 0 Å². The highest BCUT2D eigenvalue weighted by atomic mass is 32.1. The summed E-state index contributed by atoms with van der Waals surface area (Å²) in [4.78, 5) is 11.3.